The van der Waals surface area contributed by atoms with Crippen molar-refractivity contribution in [1.29, 1.82) is 0 Å². The number of halogens is 1. The summed E-state index contributed by atoms with van der Waals surface area (Å²) in [5.74, 6) is 1.31. The van der Waals surface area contributed by atoms with Crippen LogP contribution >= 0.6 is 23.4 Å². The van der Waals surface area contributed by atoms with Crippen molar-refractivity contribution in [3.05, 3.63) is 40.8 Å². The highest BCUT2D eigenvalue weighted by Gasteiger charge is 2.12. The van der Waals surface area contributed by atoms with Crippen LogP contribution in [0.3, 0.4) is 0 Å². The molecule has 1 aromatic heterocycles. The van der Waals surface area contributed by atoms with Crippen LogP contribution in [0.15, 0.2) is 34.2 Å². The number of benzene rings is 1. The van der Waals surface area contributed by atoms with Crippen LogP contribution in [0.25, 0.3) is 0 Å². The standard InChI is InChI=1S/C13H11ClN2O2S/c1-8-15-12(14)11(7-17)13(16-8)19-10-5-3-9(18-2)4-6-10/h3-7H,1-2H3. The van der Waals surface area contributed by atoms with Gasteiger partial charge in [-0.15, -0.1) is 0 Å². The molecule has 0 spiro atoms. The molecule has 2 aromatic rings. The zero-order valence-corrected chi connectivity index (χ0v) is 12.0. The van der Waals surface area contributed by atoms with Crippen LogP contribution in [0.5, 0.6) is 5.75 Å². The van der Waals surface area contributed by atoms with Gasteiger partial charge in [-0.2, -0.15) is 0 Å². The largest absolute Gasteiger partial charge is 0.497 e. The highest BCUT2D eigenvalue weighted by atomic mass is 35.5. The SMILES string of the molecule is COc1ccc(Sc2nc(C)nc(Cl)c2C=O)cc1. The summed E-state index contributed by atoms with van der Waals surface area (Å²) in [5.41, 5.74) is 0.313. The molecule has 1 heterocycles. The fourth-order valence-corrected chi connectivity index (χ4v) is 2.70. The predicted octanol–water partition coefficient (Wildman–Crippen LogP) is 3.41. The van der Waals surface area contributed by atoms with E-state index in [4.69, 9.17) is 16.3 Å². The summed E-state index contributed by atoms with van der Waals surface area (Å²) >= 11 is 7.30. The first-order valence-electron chi connectivity index (χ1n) is 5.45. The number of aromatic nitrogens is 2. The fourth-order valence-electron chi connectivity index (χ4n) is 1.45. The van der Waals surface area contributed by atoms with E-state index in [0.717, 1.165) is 10.6 Å². The maximum atomic E-state index is 11.1. The van der Waals surface area contributed by atoms with Gasteiger partial charge in [0, 0.05) is 4.90 Å². The Morgan fingerprint density at radius 3 is 2.53 bits per heavy atom. The van der Waals surface area contributed by atoms with Gasteiger partial charge in [-0.25, -0.2) is 9.97 Å². The molecule has 0 saturated carbocycles. The van der Waals surface area contributed by atoms with Crippen LogP contribution in [0.1, 0.15) is 16.2 Å². The molecule has 0 fully saturated rings. The Bertz CT molecular complexity index is 602. The van der Waals surface area contributed by atoms with Gasteiger partial charge in [0.15, 0.2) is 6.29 Å². The van der Waals surface area contributed by atoms with Crippen LogP contribution in [-0.2, 0) is 0 Å². The molecule has 0 aliphatic heterocycles. The zero-order chi connectivity index (χ0) is 13.8. The van der Waals surface area contributed by atoms with E-state index in [-0.39, 0.29) is 5.15 Å². The first kappa shape index (κ1) is 13.8. The van der Waals surface area contributed by atoms with Crippen LogP contribution < -0.4 is 4.74 Å². The van der Waals surface area contributed by atoms with E-state index >= 15 is 0 Å². The summed E-state index contributed by atoms with van der Waals surface area (Å²) in [6, 6.07) is 7.48. The third-order valence-electron chi connectivity index (χ3n) is 2.37. The number of ether oxygens (including phenoxy) is 1. The number of carbonyl (C=O) groups is 1. The van der Waals surface area contributed by atoms with Gasteiger partial charge in [-0.05, 0) is 31.2 Å². The molecule has 0 N–H and O–H groups in total. The van der Waals surface area contributed by atoms with Crippen molar-refractivity contribution in [3.8, 4) is 5.75 Å². The lowest BCUT2D eigenvalue weighted by Gasteiger charge is -2.07. The highest BCUT2D eigenvalue weighted by molar-refractivity contribution is 7.99. The average molecular weight is 295 g/mol. The Morgan fingerprint density at radius 2 is 1.95 bits per heavy atom. The molecule has 0 bridgehead atoms. The molecular formula is C13H11ClN2O2S. The van der Waals surface area contributed by atoms with Gasteiger partial charge in [-0.3, -0.25) is 4.79 Å². The topological polar surface area (TPSA) is 52.1 Å². The van der Waals surface area contributed by atoms with Crippen molar-refractivity contribution >= 4 is 29.6 Å². The minimum absolute atomic E-state index is 0.179. The molecular weight excluding hydrogens is 284 g/mol. The highest BCUT2D eigenvalue weighted by Crippen LogP contribution is 2.31. The van der Waals surface area contributed by atoms with Gasteiger partial charge in [0.2, 0.25) is 0 Å². The minimum Gasteiger partial charge on any atom is -0.497 e. The van der Waals surface area contributed by atoms with E-state index in [2.05, 4.69) is 9.97 Å². The van der Waals surface area contributed by atoms with E-state index in [9.17, 15) is 4.79 Å². The molecule has 0 radical (unpaired) electrons. The number of rotatable bonds is 4. The molecule has 0 amide bonds. The lowest BCUT2D eigenvalue weighted by atomic mass is 10.3. The number of hydrogen-bond acceptors (Lipinski definition) is 5. The smallest absolute Gasteiger partial charge is 0.155 e. The number of carbonyl (C=O) groups excluding carboxylic acids is 1. The maximum absolute atomic E-state index is 11.1. The van der Waals surface area contributed by atoms with Gasteiger partial charge >= 0.3 is 0 Å². The third kappa shape index (κ3) is 3.24. The molecule has 0 unspecified atom stereocenters. The molecule has 6 heteroatoms. The Hall–Kier alpha value is -1.59. The van der Waals surface area contributed by atoms with Crippen molar-refractivity contribution in [1.82, 2.24) is 9.97 Å². The van der Waals surface area contributed by atoms with Gasteiger partial charge in [0.1, 0.15) is 21.8 Å². The Balaban J connectivity index is 2.34. The van der Waals surface area contributed by atoms with E-state index < -0.39 is 0 Å². The van der Waals surface area contributed by atoms with Gasteiger partial charge in [0.25, 0.3) is 0 Å². The summed E-state index contributed by atoms with van der Waals surface area (Å²) < 4.78 is 5.09. The molecule has 4 nitrogen and oxygen atoms in total. The second-order valence-corrected chi connectivity index (χ2v) is 5.10. The van der Waals surface area contributed by atoms with E-state index in [0.29, 0.717) is 22.7 Å². The fraction of sp³-hybridized carbons (Fsp3) is 0.154. The van der Waals surface area contributed by atoms with E-state index in [1.165, 1.54) is 11.8 Å². The first-order chi connectivity index (χ1) is 9.13. The molecule has 2 rings (SSSR count). The monoisotopic (exact) mass is 294 g/mol. The third-order valence-corrected chi connectivity index (χ3v) is 3.67. The summed E-state index contributed by atoms with van der Waals surface area (Å²) in [4.78, 5) is 20.2. The number of hydrogen-bond donors (Lipinski definition) is 0. The van der Waals surface area contributed by atoms with Crippen molar-refractivity contribution in [3.63, 3.8) is 0 Å². The van der Waals surface area contributed by atoms with Crippen molar-refractivity contribution < 1.29 is 9.53 Å². The van der Waals surface area contributed by atoms with Gasteiger partial charge < -0.3 is 4.74 Å². The maximum Gasteiger partial charge on any atom is 0.155 e. The van der Waals surface area contributed by atoms with Crippen molar-refractivity contribution in [2.75, 3.05) is 7.11 Å². The van der Waals surface area contributed by atoms with Crippen LogP contribution in [-0.4, -0.2) is 23.4 Å². The normalized spacial score (nSPS) is 10.3. The minimum atomic E-state index is 0.179. The average Bonchev–Trinajstić information content (AvgIpc) is 2.39. The van der Waals surface area contributed by atoms with Crippen LogP contribution in [0.4, 0.5) is 0 Å². The van der Waals surface area contributed by atoms with E-state index in [1.807, 2.05) is 24.3 Å². The molecule has 1 aromatic carbocycles. The van der Waals surface area contributed by atoms with Crippen molar-refractivity contribution in [2.24, 2.45) is 0 Å². The first-order valence-corrected chi connectivity index (χ1v) is 6.64. The number of methoxy groups -OCH3 is 1. The predicted molar refractivity (Wildman–Crippen MR) is 74.3 cm³/mol. The molecule has 0 aliphatic rings. The molecule has 0 aliphatic carbocycles. The molecule has 19 heavy (non-hydrogen) atoms. The molecule has 0 atom stereocenters. The Kier molecular flexibility index (Phi) is 4.39. The number of aldehydes is 1. The summed E-state index contributed by atoms with van der Waals surface area (Å²) in [6.45, 7) is 1.73. The van der Waals surface area contributed by atoms with Crippen LogP contribution in [0, 0.1) is 6.92 Å². The van der Waals surface area contributed by atoms with E-state index in [1.54, 1.807) is 14.0 Å². The second kappa shape index (κ2) is 6.04. The molecule has 0 saturated heterocycles. The lowest BCUT2D eigenvalue weighted by molar-refractivity contribution is 0.112. The number of aryl methyl sites for hydroxylation is 1. The summed E-state index contributed by atoms with van der Waals surface area (Å²) in [6.07, 6.45) is 0.674. The Labute approximate surface area is 120 Å². The Morgan fingerprint density at radius 1 is 1.26 bits per heavy atom. The summed E-state index contributed by atoms with van der Waals surface area (Å²) in [5, 5.41) is 0.733. The molecule has 98 valence electrons. The van der Waals surface area contributed by atoms with Crippen molar-refractivity contribution in [2.45, 2.75) is 16.8 Å². The van der Waals surface area contributed by atoms with Gasteiger partial charge in [-0.1, -0.05) is 23.4 Å². The quantitative estimate of drug-likeness (QED) is 0.639. The second-order valence-electron chi connectivity index (χ2n) is 3.68. The number of nitrogens with zero attached hydrogens (tertiary/aromatic N) is 2. The zero-order valence-electron chi connectivity index (χ0n) is 10.4. The van der Waals surface area contributed by atoms with Gasteiger partial charge in [0.05, 0.1) is 12.7 Å². The lowest BCUT2D eigenvalue weighted by Crippen LogP contribution is -1.98. The van der Waals surface area contributed by atoms with Crippen LogP contribution in [0.2, 0.25) is 5.15 Å². The summed E-state index contributed by atoms with van der Waals surface area (Å²) in [7, 11) is 1.61.